The van der Waals surface area contributed by atoms with E-state index >= 15 is 0 Å². The summed E-state index contributed by atoms with van der Waals surface area (Å²) in [5.41, 5.74) is 1.89. The molecule has 0 aromatic heterocycles. The fourth-order valence-electron chi connectivity index (χ4n) is 3.61. The summed E-state index contributed by atoms with van der Waals surface area (Å²) >= 11 is 0. The molecular formula is C20H29N3O3. The van der Waals surface area contributed by atoms with Gasteiger partial charge in [0.15, 0.2) is 0 Å². The fourth-order valence-corrected chi connectivity index (χ4v) is 3.61. The van der Waals surface area contributed by atoms with Crippen molar-refractivity contribution in [3.63, 3.8) is 0 Å². The summed E-state index contributed by atoms with van der Waals surface area (Å²) in [7, 11) is 0. The molecular weight excluding hydrogens is 330 g/mol. The average molecular weight is 359 g/mol. The molecule has 1 aliphatic carbocycles. The highest BCUT2D eigenvalue weighted by Crippen LogP contribution is 2.22. The van der Waals surface area contributed by atoms with Crippen LogP contribution < -0.4 is 15.5 Å². The number of nitrogens with one attached hydrogen (secondary N) is 2. The molecule has 1 aromatic rings. The molecule has 2 N–H and O–H groups in total. The van der Waals surface area contributed by atoms with Crippen molar-refractivity contribution < 1.29 is 14.3 Å². The summed E-state index contributed by atoms with van der Waals surface area (Å²) in [5.74, 6) is -0.0810. The van der Waals surface area contributed by atoms with Gasteiger partial charge in [0.25, 0.3) is 0 Å². The molecule has 0 spiro atoms. The van der Waals surface area contributed by atoms with Crippen LogP contribution in [0.4, 0.5) is 10.5 Å². The molecule has 1 saturated carbocycles. The number of hydrogen-bond acceptors (Lipinski definition) is 3. The van der Waals surface area contributed by atoms with E-state index in [9.17, 15) is 9.59 Å². The zero-order valence-corrected chi connectivity index (χ0v) is 15.5. The lowest BCUT2D eigenvalue weighted by atomic mass is 9.98. The Morgan fingerprint density at radius 2 is 1.96 bits per heavy atom. The first-order valence-corrected chi connectivity index (χ1v) is 9.70. The number of anilines is 1. The first-order chi connectivity index (χ1) is 12.6. The molecule has 1 saturated heterocycles. The Morgan fingerprint density at radius 1 is 1.23 bits per heavy atom. The number of urea groups is 1. The van der Waals surface area contributed by atoms with Gasteiger partial charge < -0.3 is 15.4 Å². The molecule has 3 amide bonds. The molecule has 0 bridgehead atoms. The molecule has 1 unspecified atom stereocenters. The van der Waals surface area contributed by atoms with E-state index in [4.69, 9.17) is 4.74 Å². The molecule has 6 heteroatoms. The largest absolute Gasteiger partial charge is 0.368 e. The van der Waals surface area contributed by atoms with Crippen molar-refractivity contribution in [3.8, 4) is 0 Å². The highest BCUT2D eigenvalue weighted by Gasteiger charge is 2.20. The van der Waals surface area contributed by atoms with Gasteiger partial charge in [0.05, 0.1) is 12.1 Å². The Balaban J connectivity index is 1.48. The summed E-state index contributed by atoms with van der Waals surface area (Å²) in [6.45, 7) is 3.55. The predicted molar refractivity (Wildman–Crippen MR) is 101 cm³/mol. The van der Waals surface area contributed by atoms with E-state index in [0.717, 1.165) is 43.6 Å². The molecule has 2 fully saturated rings. The minimum Gasteiger partial charge on any atom is -0.368 e. The SMILES string of the molecule is CC(NC(=O)COC1CCCCC1)c1ccc(N2CCCNC2=O)cc1. The molecule has 1 aliphatic heterocycles. The maximum Gasteiger partial charge on any atom is 0.321 e. The second kappa shape index (κ2) is 9.03. The van der Waals surface area contributed by atoms with Gasteiger partial charge >= 0.3 is 6.03 Å². The van der Waals surface area contributed by atoms with Crippen molar-refractivity contribution in [1.82, 2.24) is 10.6 Å². The van der Waals surface area contributed by atoms with Crippen molar-refractivity contribution in [2.45, 2.75) is 57.6 Å². The van der Waals surface area contributed by atoms with Crippen LogP contribution in [0.25, 0.3) is 0 Å². The van der Waals surface area contributed by atoms with Gasteiger partial charge in [0.2, 0.25) is 5.91 Å². The number of ether oxygens (including phenoxy) is 1. The van der Waals surface area contributed by atoms with E-state index in [0.29, 0.717) is 0 Å². The maximum absolute atomic E-state index is 12.1. The fraction of sp³-hybridized carbons (Fsp3) is 0.600. The topological polar surface area (TPSA) is 70.7 Å². The zero-order valence-electron chi connectivity index (χ0n) is 15.5. The quantitative estimate of drug-likeness (QED) is 0.820. The van der Waals surface area contributed by atoms with Crippen molar-refractivity contribution in [2.24, 2.45) is 0 Å². The molecule has 0 radical (unpaired) electrons. The summed E-state index contributed by atoms with van der Waals surface area (Å²) in [6, 6.07) is 7.64. The monoisotopic (exact) mass is 359 g/mol. The minimum absolute atomic E-state index is 0.0507. The Labute approximate surface area is 155 Å². The number of hydrogen-bond donors (Lipinski definition) is 2. The number of benzene rings is 1. The van der Waals surface area contributed by atoms with Crippen LogP contribution in [0.2, 0.25) is 0 Å². The number of carbonyl (C=O) groups is 2. The van der Waals surface area contributed by atoms with Gasteiger partial charge in [-0.2, -0.15) is 0 Å². The maximum atomic E-state index is 12.1. The summed E-state index contributed by atoms with van der Waals surface area (Å²) in [6.07, 6.45) is 6.98. The molecule has 1 heterocycles. The van der Waals surface area contributed by atoms with Gasteiger partial charge in [-0.15, -0.1) is 0 Å². The summed E-state index contributed by atoms with van der Waals surface area (Å²) < 4.78 is 5.73. The summed E-state index contributed by atoms with van der Waals surface area (Å²) in [4.78, 5) is 25.8. The predicted octanol–water partition coefficient (Wildman–Crippen LogP) is 3.13. The molecule has 2 aliphatic rings. The van der Waals surface area contributed by atoms with Crippen LogP contribution in [0.5, 0.6) is 0 Å². The van der Waals surface area contributed by atoms with E-state index < -0.39 is 0 Å². The molecule has 142 valence electrons. The van der Waals surface area contributed by atoms with Crippen LogP contribution in [-0.4, -0.2) is 37.7 Å². The second-order valence-corrected chi connectivity index (χ2v) is 7.19. The van der Waals surface area contributed by atoms with Crippen LogP contribution >= 0.6 is 0 Å². The second-order valence-electron chi connectivity index (χ2n) is 7.19. The third-order valence-electron chi connectivity index (χ3n) is 5.16. The highest BCUT2D eigenvalue weighted by molar-refractivity contribution is 5.92. The van der Waals surface area contributed by atoms with Gasteiger partial charge in [-0.1, -0.05) is 31.4 Å². The minimum atomic E-state index is -0.0957. The first-order valence-electron chi connectivity index (χ1n) is 9.70. The number of nitrogens with zero attached hydrogens (tertiary/aromatic N) is 1. The van der Waals surface area contributed by atoms with Crippen LogP contribution in [0.3, 0.4) is 0 Å². The smallest absolute Gasteiger partial charge is 0.321 e. The summed E-state index contributed by atoms with van der Waals surface area (Å²) in [5, 5.41) is 5.84. The van der Waals surface area contributed by atoms with Crippen LogP contribution in [-0.2, 0) is 9.53 Å². The molecule has 1 atom stereocenters. The normalized spacial score (nSPS) is 19.7. The average Bonchev–Trinajstić information content (AvgIpc) is 2.68. The van der Waals surface area contributed by atoms with Crippen LogP contribution in [0, 0.1) is 0 Å². The van der Waals surface area contributed by atoms with E-state index in [-0.39, 0.29) is 30.7 Å². The number of rotatable bonds is 6. The Bertz CT molecular complexity index is 611. The van der Waals surface area contributed by atoms with E-state index in [1.54, 1.807) is 4.90 Å². The standard InChI is InChI=1S/C20H29N3O3/c1-15(22-19(24)14-26-18-6-3-2-4-7-18)16-8-10-17(11-9-16)23-13-5-12-21-20(23)25/h8-11,15,18H,2-7,12-14H2,1H3,(H,21,25)(H,22,24). The lowest BCUT2D eigenvalue weighted by Crippen LogP contribution is -2.46. The molecule has 6 nitrogen and oxygen atoms in total. The lowest BCUT2D eigenvalue weighted by Gasteiger charge is -2.27. The van der Waals surface area contributed by atoms with Gasteiger partial charge in [-0.05, 0) is 43.9 Å². The Kier molecular flexibility index (Phi) is 6.50. The van der Waals surface area contributed by atoms with Crippen molar-refractivity contribution in [2.75, 3.05) is 24.6 Å². The number of carbonyl (C=O) groups excluding carboxylic acids is 2. The Morgan fingerprint density at radius 3 is 2.65 bits per heavy atom. The molecule has 26 heavy (non-hydrogen) atoms. The highest BCUT2D eigenvalue weighted by atomic mass is 16.5. The first kappa shape index (κ1) is 18.7. The van der Waals surface area contributed by atoms with Gasteiger partial charge in [-0.25, -0.2) is 4.79 Å². The van der Waals surface area contributed by atoms with Crippen molar-refractivity contribution >= 4 is 17.6 Å². The third-order valence-corrected chi connectivity index (χ3v) is 5.16. The molecule has 3 rings (SSSR count). The van der Waals surface area contributed by atoms with Crippen molar-refractivity contribution in [1.29, 1.82) is 0 Å². The van der Waals surface area contributed by atoms with E-state index in [2.05, 4.69) is 10.6 Å². The van der Waals surface area contributed by atoms with E-state index in [1.165, 1.54) is 19.3 Å². The Hall–Kier alpha value is -2.08. The van der Waals surface area contributed by atoms with Gasteiger partial charge in [-0.3, -0.25) is 9.69 Å². The van der Waals surface area contributed by atoms with Gasteiger partial charge in [0.1, 0.15) is 6.61 Å². The van der Waals surface area contributed by atoms with Gasteiger partial charge in [0, 0.05) is 18.8 Å². The van der Waals surface area contributed by atoms with Crippen LogP contribution in [0.1, 0.15) is 57.1 Å². The van der Waals surface area contributed by atoms with Crippen LogP contribution in [0.15, 0.2) is 24.3 Å². The zero-order chi connectivity index (χ0) is 18.4. The lowest BCUT2D eigenvalue weighted by molar-refractivity contribution is -0.129. The van der Waals surface area contributed by atoms with E-state index in [1.807, 2.05) is 31.2 Å². The molecule has 1 aromatic carbocycles. The number of amides is 3. The third kappa shape index (κ3) is 4.97. The van der Waals surface area contributed by atoms with Crippen molar-refractivity contribution in [3.05, 3.63) is 29.8 Å².